The number of aryl methyl sites for hydroxylation is 1. The van der Waals surface area contributed by atoms with Crippen LogP contribution in [-0.4, -0.2) is 43.9 Å². The van der Waals surface area contributed by atoms with Gasteiger partial charge in [0.15, 0.2) is 11.5 Å². The van der Waals surface area contributed by atoms with Gasteiger partial charge in [0.2, 0.25) is 0 Å². The van der Waals surface area contributed by atoms with Crippen molar-refractivity contribution in [1.29, 1.82) is 0 Å². The first kappa shape index (κ1) is 11.0. The van der Waals surface area contributed by atoms with E-state index in [9.17, 15) is 0 Å². The zero-order chi connectivity index (χ0) is 11.7. The van der Waals surface area contributed by atoms with Gasteiger partial charge in [-0.05, 0) is 19.1 Å². The van der Waals surface area contributed by atoms with Crippen LogP contribution in [0.5, 0.6) is 0 Å². The molecule has 2 aromatic rings. The van der Waals surface area contributed by atoms with E-state index < -0.39 is 0 Å². The molecule has 0 aliphatic carbocycles. The summed E-state index contributed by atoms with van der Waals surface area (Å²) in [5.74, 6) is 3.29. The second-order valence-electron chi connectivity index (χ2n) is 4.29. The molecule has 2 aromatic heterocycles. The monoisotopic (exact) mass is 249 g/mol. The smallest absolute Gasteiger partial charge is 0.177 e. The van der Waals surface area contributed by atoms with Gasteiger partial charge in [0.05, 0.1) is 5.69 Å². The molecule has 6 heteroatoms. The van der Waals surface area contributed by atoms with Gasteiger partial charge < -0.3 is 5.32 Å². The van der Waals surface area contributed by atoms with Crippen LogP contribution >= 0.6 is 11.8 Å². The Kier molecular flexibility index (Phi) is 2.98. The minimum Gasteiger partial charge on any atom is -0.312 e. The highest BCUT2D eigenvalue weighted by Crippen LogP contribution is 2.12. The summed E-state index contributed by atoms with van der Waals surface area (Å²) in [6, 6.07) is 4.41. The molecule has 0 radical (unpaired) electrons. The molecule has 0 spiro atoms. The molecule has 17 heavy (non-hydrogen) atoms. The van der Waals surface area contributed by atoms with Crippen molar-refractivity contribution in [2.24, 2.45) is 0 Å². The van der Waals surface area contributed by atoms with Crippen molar-refractivity contribution < 1.29 is 0 Å². The molecular weight excluding hydrogens is 234 g/mol. The maximum absolute atomic E-state index is 4.46. The molecular formula is C11H15N5S. The first-order valence-electron chi connectivity index (χ1n) is 5.82. The lowest BCUT2D eigenvalue weighted by molar-refractivity contribution is 0.543. The number of aromatic nitrogens is 4. The van der Waals surface area contributed by atoms with Crippen molar-refractivity contribution in [3.8, 4) is 0 Å². The highest BCUT2D eigenvalue weighted by atomic mass is 32.2. The lowest BCUT2D eigenvalue weighted by atomic mass is 10.2. The lowest BCUT2D eigenvalue weighted by Crippen LogP contribution is -2.39. The molecule has 5 nitrogen and oxygen atoms in total. The minimum atomic E-state index is 0.489. The molecule has 3 rings (SSSR count). The van der Waals surface area contributed by atoms with Crippen LogP contribution in [-0.2, 0) is 6.42 Å². The van der Waals surface area contributed by atoms with E-state index in [0.717, 1.165) is 35.9 Å². The summed E-state index contributed by atoms with van der Waals surface area (Å²) in [6.45, 7) is 3.07. The van der Waals surface area contributed by atoms with Gasteiger partial charge in [-0.1, -0.05) is 0 Å². The summed E-state index contributed by atoms with van der Waals surface area (Å²) in [7, 11) is 0. The van der Waals surface area contributed by atoms with Gasteiger partial charge in [-0.15, -0.1) is 10.2 Å². The Morgan fingerprint density at radius 1 is 1.47 bits per heavy atom. The topological polar surface area (TPSA) is 55.1 Å². The van der Waals surface area contributed by atoms with E-state index in [4.69, 9.17) is 0 Å². The number of thioether (sulfide) groups is 1. The quantitative estimate of drug-likeness (QED) is 0.848. The van der Waals surface area contributed by atoms with Crippen LogP contribution in [0.1, 0.15) is 11.5 Å². The molecule has 0 bridgehead atoms. The Morgan fingerprint density at radius 2 is 2.41 bits per heavy atom. The van der Waals surface area contributed by atoms with Crippen molar-refractivity contribution in [1.82, 2.24) is 25.1 Å². The summed E-state index contributed by atoms with van der Waals surface area (Å²) in [6.07, 6.45) is 0.893. The number of hydrogen-bond donors (Lipinski definition) is 1. The first-order valence-corrected chi connectivity index (χ1v) is 6.97. The summed E-state index contributed by atoms with van der Waals surface area (Å²) < 4.78 is 1.86. The number of nitrogens with one attached hydrogen (secondary N) is 1. The maximum Gasteiger partial charge on any atom is 0.177 e. The molecule has 90 valence electrons. The first-order chi connectivity index (χ1) is 8.33. The van der Waals surface area contributed by atoms with E-state index in [1.165, 1.54) is 5.75 Å². The summed E-state index contributed by atoms with van der Waals surface area (Å²) in [4.78, 5) is 0. The SMILES string of the molecule is Cc1ccc2nnc(CC3CSCCN3)n2n1. The Hall–Kier alpha value is -1.14. The molecule has 1 unspecified atom stereocenters. The summed E-state index contributed by atoms with van der Waals surface area (Å²) >= 11 is 1.99. The Labute approximate surface area is 104 Å². The highest BCUT2D eigenvalue weighted by molar-refractivity contribution is 7.99. The summed E-state index contributed by atoms with van der Waals surface area (Å²) in [5.41, 5.74) is 1.82. The molecule has 0 aromatic carbocycles. The van der Waals surface area contributed by atoms with Crippen LogP contribution in [0.25, 0.3) is 5.65 Å². The van der Waals surface area contributed by atoms with E-state index in [1.54, 1.807) is 0 Å². The largest absolute Gasteiger partial charge is 0.312 e. The lowest BCUT2D eigenvalue weighted by Gasteiger charge is -2.22. The molecule has 1 fully saturated rings. The average molecular weight is 249 g/mol. The van der Waals surface area contributed by atoms with E-state index >= 15 is 0 Å². The molecule has 1 aliphatic heterocycles. The molecule has 1 N–H and O–H groups in total. The predicted molar refractivity (Wildman–Crippen MR) is 68.3 cm³/mol. The molecule has 1 atom stereocenters. The van der Waals surface area contributed by atoms with Gasteiger partial charge in [0, 0.05) is 30.5 Å². The number of fused-ring (bicyclic) bond motifs is 1. The predicted octanol–water partition coefficient (Wildman–Crippen LogP) is 0.680. The van der Waals surface area contributed by atoms with Crippen LogP contribution in [0.4, 0.5) is 0 Å². The molecule has 1 saturated heterocycles. The normalized spacial score (nSPS) is 20.9. The van der Waals surface area contributed by atoms with Crippen LogP contribution in [0, 0.1) is 6.92 Å². The standard InChI is InChI=1S/C11H15N5S/c1-8-2-3-10-13-14-11(16(10)15-8)6-9-7-17-5-4-12-9/h2-3,9,12H,4-7H2,1H3. The van der Waals surface area contributed by atoms with Gasteiger partial charge >= 0.3 is 0 Å². The van der Waals surface area contributed by atoms with Crippen LogP contribution in [0.2, 0.25) is 0 Å². The average Bonchev–Trinajstić information content (AvgIpc) is 2.73. The second kappa shape index (κ2) is 4.62. The molecule has 3 heterocycles. The fraction of sp³-hybridized carbons (Fsp3) is 0.545. The molecule has 1 aliphatic rings. The van der Waals surface area contributed by atoms with E-state index in [2.05, 4.69) is 20.6 Å². The van der Waals surface area contributed by atoms with Gasteiger partial charge in [0.25, 0.3) is 0 Å². The highest BCUT2D eigenvalue weighted by Gasteiger charge is 2.17. The Balaban J connectivity index is 1.86. The summed E-state index contributed by atoms with van der Waals surface area (Å²) in [5, 5.41) is 16.3. The molecule has 0 saturated carbocycles. The van der Waals surface area contributed by atoms with Crippen molar-refractivity contribution >= 4 is 17.4 Å². The number of hydrogen-bond acceptors (Lipinski definition) is 5. The fourth-order valence-electron chi connectivity index (χ4n) is 2.02. The Bertz CT molecular complexity index is 518. The van der Waals surface area contributed by atoms with Crippen molar-refractivity contribution in [2.75, 3.05) is 18.1 Å². The zero-order valence-corrected chi connectivity index (χ0v) is 10.6. The second-order valence-corrected chi connectivity index (χ2v) is 5.44. The van der Waals surface area contributed by atoms with Crippen LogP contribution in [0.15, 0.2) is 12.1 Å². The zero-order valence-electron chi connectivity index (χ0n) is 9.76. The number of rotatable bonds is 2. The van der Waals surface area contributed by atoms with Crippen LogP contribution in [0.3, 0.4) is 0 Å². The van der Waals surface area contributed by atoms with Crippen molar-refractivity contribution in [2.45, 2.75) is 19.4 Å². The Morgan fingerprint density at radius 3 is 3.24 bits per heavy atom. The third-order valence-electron chi connectivity index (χ3n) is 2.89. The van der Waals surface area contributed by atoms with E-state index in [-0.39, 0.29) is 0 Å². The molecule has 0 amide bonds. The van der Waals surface area contributed by atoms with Gasteiger partial charge in [-0.25, -0.2) is 0 Å². The van der Waals surface area contributed by atoms with Gasteiger partial charge in [-0.2, -0.15) is 21.4 Å². The number of nitrogens with zero attached hydrogens (tertiary/aromatic N) is 4. The van der Waals surface area contributed by atoms with Gasteiger partial charge in [0.1, 0.15) is 0 Å². The van der Waals surface area contributed by atoms with Crippen LogP contribution < -0.4 is 5.32 Å². The minimum absolute atomic E-state index is 0.489. The van der Waals surface area contributed by atoms with Crippen molar-refractivity contribution in [3.05, 3.63) is 23.7 Å². The van der Waals surface area contributed by atoms with Gasteiger partial charge in [-0.3, -0.25) is 0 Å². The fourth-order valence-corrected chi connectivity index (χ4v) is 2.97. The third kappa shape index (κ3) is 2.28. The van der Waals surface area contributed by atoms with E-state index in [1.807, 2.05) is 35.3 Å². The third-order valence-corrected chi connectivity index (χ3v) is 4.02. The van der Waals surface area contributed by atoms with Crippen molar-refractivity contribution in [3.63, 3.8) is 0 Å². The maximum atomic E-state index is 4.46. The van der Waals surface area contributed by atoms with E-state index in [0.29, 0.717) is 6.04 Å².